The van der Waals surface area contributed by atoms with Crippen molar-refractivity contribution in [3.63, 3.8) is 0 Å². The van der Waals surface area contributed by atoms with E-state index in [1.807, 2.05) is 13.8 Å². The van der Waals surface area contributed by atoms with E-state index in [9.17, 15) is 19.5 Å². The molecular formula is C31H30N2O8S. The molecule has 1 fully saturated rings. The fourth-order valence-corrected chi connectivity index (χ4v) is 6.08. The maximum absolute atomic E-state index is 13.7. The van der Waals surface area contributed by atoms with Gasteiger partial charge < -0.3 is 24.1 Å². The van der Waals surface area contributed by atoms with Crippen molar-refractivity contribution in [3.8, 4) is 17.2 Å². The van der Waals surface area contributed by atoms with E-state index in [-0.39, 0.29) is 34.1 Å². The average Bonchev–Trinajstić information content (AvgIpc) is 3.63. The van der Waals surface area contributed by atoms with E-state index in [1.165, 1.54) is 12.0 Å². The number of esters is 1. The molecule has 1 saturated heterocycles. The van der Waals surface area contributed by atoms with Crippen molar-refractivity contribution in [1.82, 2.24) is 4.98 Å². The van der Waals surface area contributed by atoms with E-state index in [0.717, 1.165) is 16.9 Å². The number of aromatic nitrogens is 1. The second-order valence-electron chi connectivity index (χ2n) is 9.77. The first kappa shape index (κ1) is 28.9. The number of ether oxygens (including phenoxy) is 4. The van der Waals surface area contributed by atoms with Gasteiger partial charge in [0.05, 0.1) is 31.0 Å². The fourth-order valence-electron chi connectivity index (χ4n) is 5.07. The van der Waals surface area contributed by atoms with Crippen molar-refractivity contribution in [2.45, 2.75) is 39.3 Å². The largest absolute Gasteiger partial charge is 0.507 e. The van der Waals surface area contributed by atoms with Gasteiger partial charge in [0.2, 0.25) is 0 Å². The summed E-state index contributed by atoms with van der Waals surface area (Å²) in [5.41, 5.74) is 1.95. The summed E-state index contributed by atoms with van der Waals surface area (Å²) < 4.78 is 22.2. The number of benzene rings is 2. The highest BCUT2D eigenvalue weighted by Gasteiger charge is 2.48. The molecule has 1 N–H and O–H groups in total. The second kappa shape index (κ2) is 11.7. The summed E-state index contributed by atoms with van der Waals surface area (Å²) in [4.78, 5) is 45.5. The van der Waals surface area contributed by atoms with E-state index >= 15 is 0 Å². The van der Waals surface area contributed by atoms with E-state index in [4.69, 9.17) is 18.9 Å². The molecule has 0 spiro atoms. The summed E-state index contributed by atoms with van der Waals surface area (Å²) in [6, 6.07) is 9.10. The minimum atomic E-state index is -1.09. The molecule has 0 saturated carbocycles. The lowest BCUT2D eigenvalue weighted by Gasteiger charge is -2.24. The van der Waals surface area contributed by atoms with Gasteiger partial charge in [-0.1, -0.05) is 30.1 Å². The zero-order valence-corrected chi connectivity index (χ0v) is 24.4. The molecule has 2 aliphatic rings. The molecule has 2 aliphatic heterocycles. The number of carbonyl (C=O) groups excluding carboxylic acids is 3. The number of anilines is 1. The van der Waals surface area contributed by atoms with Crippen LogP contribution in [-0.2, 0) is 20.7 Å². The number of nitrogens with zero attached hydrogens (tertiary/aromatic N) is 2. The lowest BCUT2D eigenvalue weighted by molar-refractivity contribution is -0.132. The van der Waals surface area contributed by atoms with Crippen LogP contribution >= 0.6 is 11.3 Å². The van der Waals surface area contributed by atoms with Crippen molar-refractivity contribution in [2.75, 3.05) is 25.2 Å². The molecule has 42 heavy (non-hydrogen) atoms. The standard InChI is InChI=1S/C31H30N2O8S/c1-6-12-40-22-11-8-18(15-23(22)39-7-2)25-24(26(34)19-9-10-21-20(14-19)13-16(3)41-21)27(35)29(36)33(25)31-32-17(4)28(42-31)30(37)38-5/h6,8-11,14-16,25,34H,1,7,12-13H2,2-5H3/t16-,25+/m1/s1. The van der Waals surface area contributed by atoms with Crippen LogP contribution in [0, 0.1) is 6.92 Å². The highest BCUT2D eigenvalue weighted by atomic mass is 32.1. The number of aliphatic hydroxyl groups excluding tert-OH is 1. The molecule has 1 aromatic heterocycles. The van der Waals surface area contributed by atoms with Crippen LogP contribution in [-0.4, -0.2) is 54.2 Å². The van der Waals surface area contributed by atoms with Crippen LogP contribution in [0.1, 0.15) is 51.9 Å². The van der Waals surface area contributed by atoms with E-state index in [1.54, 1.807) is 49.4 Å². The number of aliphatic hydroxyl groups is 1. The van der Waals surface area contributed by atoms with E-state index in [0.29, 0.717) is 47.1 Å². The summed E-state index contributed by atoms with van der Waals surface area (Å²) >= 11 is 0.928. The average molecular weight is 591 g/mol. The van der Waals surface area contributed by atoms with Gasteiger partial charge in [-0.3, -0.25) is 14.5 Å². The van der Waals surface area contributed by atoms with Crippen LogP contribution in [0.5, 0.6) is 17.2 Å². The maximum atomic E-state index is 13.7. The molecule has 2 aromatic carbocycles. The molecule has 10 nitrogen and oxygen atoms in total. The highest BCUT2D eigenvalue weighted by molar-refractivity contribution is 7.17. The van der Waals surface area contributed by atoms with Gasteiger partial charge in [-0.05, 0) is 62.2 Å². The summed E-state index contributed by atoms with van der Waals surface area (Å²) in [6.45, 7) is 9.63. The maximum Gasteiger partial charge on any atom is 0.350 e. The van der Waals surface area contributed by atoms with Crippen molar-refractivity contribution in [3.05, 3.63) is 81.9 Å². The van der Waals surface area contributed by atoms with Gasteiger partial charge in [0.25, 0.3) is 5.78 Å². The summed E-state index contributed by atoms with van der Waals surface area (Å²) in [6.07, 6.45) is 2.23. The van der Waals surface area contributed by atoms with Gasteiger partial charge >= 0.3 is 11.9 Å². The molecule has 218 valence electrons. The Bertz CT molecular complexity index is 1620. The van der Waals surface area contributed by atoms with Crippen LogP contribution in [0.4, 0.5) is 5.13 Å². The molecule has 3 aromatic rings. The topological polar surface area (TPSA) is 124 Å². The number of fused-ring (bicyclic) bond motifs is 1. The van der Waals surface area contributed by atoms with Crippen LogP contribution in [0.2, 0.25) is 0 Å². The minimum Gasteiger partial charge on any atom is -0.507 e. The Morgan fingerprint density at radius 3 is 2.71 bits per heavy atom. The third-order valence-corrected chi connectivity index (χ3v) is 8.05. The second-order valence-corrected chi connectivity index (χ2v) is 10.7. The van der Waals surface area contributed by atoms with Gasteiger partial charge in [-0.2, -0.15) is 0 Å². The first-order valence-corrected chi connectivity index (χ1v) is 14.2. The Labute approximate surface area is 246 Å². The molecule has 0 radical (unpaired) electrons. The van der Waals surface area contributed by atoms with Crippen molar-refractivity contribution in [1.29, 1.82) is 0 Å². The fraction of sp³-hybridized carbons (Fsp3) is 0.290. The highest BCUT2D eigenvalue weighted by Crippen LogP contribution is 2.46. The number of thiazole rings is 1. The Balaban J connectivity index is 1.70. The Morgan fingerprint density at radius 1 is 1.21 bits per heavy atom. The van der Waals surface area contributed by atoms with Gasteiger partial charge in [0.15, 0.2) is 16.6 Å². The Hall–Kier alpha value is -4.64. The Morgan fingerprint density at radius 2 is 2.00 bits per heavy atom. The first-order chi connectivity index (χ1) is 20.2. The molecule has 0 unspecified atom stereocenters. The number of ketones is 1. The molecule has 5 rings (SSSR count). The lowest BCUT2D eigenvalue weighted by atomic mass is 9.94. The molecule has 11 heteroatoms. The molecule has 1 amide bonds. The SMILES string of the molecule is C=CCOc1ccc([C@H]2C(=C(O)c3ccc4c(c3)C[C@@H](C)O4)C(=O)C(=O)N2c2nc(C)c(C(=O)OC)s2)cc1OCC. The predicted molar refractivity (Wildman–Crippen MR) is 157 cm³/mol. The van der Waals surface area contributed by atoms with Crippen molar-refractivity contribution >= 4 is 39.9 Å². The molecule has 3 heterocycles. The van der Waals surface area contributed by atoms with E-state index < -0.39 is 23.7 Å². The van der Waals surface area contributed by atoms with Gasteiger partial charge in [-0.25, -0.2) is 9.78 Å². The summed E-state index contributed by atoms with van der Waals surface area (Å²) in [5, 5.41) is 11.7. The minimum absolute atomic E-state index is 0.0149. The number of methoxy groups -OCH3 is 1. The van der Waals surface area contributed by atoms with Gasteiger partial charge in [0, 0.05) is 12.0 Å². The smallest absolute Gasteiger partial charge is 0.350 e. The van der Waals surface area contributed by atoms with Crippen LogP contribution in [0.25, 0.3) is 5.76 Å². The monoisotopic (exact) mass is 590 g/mol. The zero-order chi connectivity index (χ0) is 30.1. The molecule has 0 aliphatic carbocycles. The number of aryl methyl sites for hydroxylation is 1. The molecular weight excluding hydrogens is 560 g/mol. The number of Topliss-reactive ketones (excluding diaryl/α,β-unsaturated/α-hetero) is 1. The van der Waals surface area contributed by atoms with Crippen LogP contribution in [0.3, 0.4) is 0 Å². The number of hydrogen-bond donors (Lipinski definition) is 1. The third-order valence-electron chi connectivity index (χ3n) is 6.92. The Kier molecular flexibility index (Phi) is 8.04. The van der Waals surface area contributed by atoms with Crippen molar-refractivity contribution in [2.24, 2.45) is 0 Å². The number of hydrogen-bond acceptors (Lipinski definition) is 10. The van der Waals surface area contributed by atoms with Gasteiger partial charge in [0.1, 0.15) is 29.1 Å². The van der Waals surface area contributed by atoms with Crippen LogP contribution < -0.4 is 19.1 Å². The number of amides is 1. The van der Waals surface area contributed by atoms with E-state index in [2.05, 4.69) is 11.6 Å². The number of carbonyl (C=O) groups is 3. The number of rotatable bonds is 9. The molecule has 0 bridgehead atoms. The first-order valence-electron chi connectivity index (χ1n) is 13.4. The lowest BCUT2D eigenvalue weighted by Crippen LogP contribution is -2.29. The molecule has 2 atom stereocenters. The summed E-state index contributed by atoms with van der Waals surface area (Å²) in [5.74, 6) is -1.19. The van der Waals surface area contributed by atoms with Crippen LogP contribution in [0.15, 0.2) is 54.6 Å². The van der Waals surface area contributed by atoms with Crippen molar-refractivity contribution < 1.29 is 38.4 Å². The van der Waals surface area contributed by atoms with Gasteiger partial charge in [-0.15, -0.1) is 0 Å². The predicted octanol–water partition coefficient (Wildman–Crippen LogP) is 5.15. The zero-order valence-electron chi connectivity index (χ0n) is 23.6. The quantitative estimate of drug-likeness (QED) is 0.118. The normalized spacial score (nSPS) is 18.9. The third kappa shape index (κ3) is 5.11. The summed E-state index contributed by atoms with van der Waals surface area (Å²) in [7, 11) is 1.25.